The number of likely N-dealkylation sites (N-methyl/N-ethyl adjacent to an activating group) is 1. The van der Waals surface area contributed by atoms with Crippen molar-refractivity contribution in [3.8, 4) is 0 Å². The second kappa shape index (κ2) is 5.46. The molecule has 6 heteroatoms. The molecule has 0 spiro atoms. The van der Waals surface area contributed by atoms with Crippen molar-refractivity contribution in [1.29, 1.82) is 0 Å². The van der Waals surface area contributed by atoms with E-state index in [1.54, 1.807) is 14.0 Å². The maximum Gasteiger partial charge on any atom is 0.311 e. The van der Waals surface area contributed by atoms with Crippen molar-refractivity contribution in [2.45, 2.75) is 38.3 Å². The molecule has 0 radical (unpaired) electrons. The molecule has 4 unspecified atom stereocenters. The Hall–Kier alpha value is -1.14. The maximum absolute atomic E-state index is 12.3. The smallest absolute Gasteiger partial charge is 0.311 e. The lowest BCUT2D eigenvalue weighted by molar-refractivity contribution is -0.149. The van der Waals surface area contributed by atoms with Gasteiger partial charge in [-0.3, -0.25) is 9.59 Å². The fourth-order valence-corrected chi connectivity index (χ4v) is 3.03. The Morgan fingerprint density at radius 1 is 1.37 bits per heavy atom. The standard InChI is InChI=1S/C13H22N2O4/c1-13(12(17)18)5-3-4-10(13)15-11(16)8-6-19-7-9(8)14-2/h8-10,14H,3-7H2,1-2H3,(H,15,16)(H,17,18). The number of carbonyl (C=O) groups is 2. The minimum Gasteiger partial charge on any atom is -0.481 e. The van der Waals surface area contributed by atoms with E-state index in [1.165, 1.54) is 0 Å². The molecule has 1 heterocycles. The first-order chi connectivity index (χ1) is 8.99. The average Bonchev–Trinajstić information content (AvgIpc) is 2.97. The topological polar surface area (TPSA) is 87.7 Å². The Balaban J connectivity index is 2.00. The van der Waals surface area contributed by atoms with Crippen LogP contribution in [-0.2, 0) is 14.3 Å². The predicted molar refractivity (Wildman–Crippen MR) is 68.7 cm³/mol. The number of ether oxygens (including phenoxy) is 1. The first kappa shape index (κ1) is 14.3. The van der Waals surface area contributed by atoms with E-state index < -0.39 is 11.4 Å². The van der Waals surface area contributed by atoms with Crippen LogP contribution in [0.15, 0.2) is 0 Å². The summed E-state index contributed by atoms with van der Waals surface area (Å²) in [5.74, 6) is -1.16. The minimum atomic E-state index is -0.843. The van der Waals surface area contributed by atoms with Crippen molar-refractivity contribution in [2.75, 3.05) is 20.3 Å². The van der Waals surface area contributed by atoms with Crippen LogP contribution in [0.5, 0.6) is 0 Å². The molecule has 19 heavy (non-hydrogen) atoms. The van der Waals surface area contributed by atoms with Crippen molar-refractivity contribution in [2.24, 2.45) is 11.3 Å². The van der Waals surface area contributed by atoms with Crippen molar-refractivity contribution in [3.63, 3.8) is 0 Å². The fraction of sp³-hybridized carbons (Fsp3) is 0.846. The molecule has 6 nitrogen and oxygen atoms in total. The number of nitrogens with one attached hydrogen (secondary N) is 2. The molecule has 4 atom stereocenters. The summed E-state index contributed by atoms with van der Waals surface area (Å²) >= 11 is 0. The molecule has 1 amide bonds. The van der Waals surface area contributed by atoms with Gasteiger partial charge in [-0.1, -0.05) is 6.42 Å². The van der Waals surface area contributed by atoms with Crippen LogP contribution in [0.4, 0.5) is 0 Å². The van der Waals surface area contributed by atoms with Crippen LogP contribution in [0.3, 0.4) is 0 Å². The summed E-state index contributed by atoms with van der Waals surface area (Å²) in [5, 5.41) is 15.3. The van der Waals surface area contributed by atoms with Gasteiger partial charge in [0.25, 0.3) is 0 Å². The zero-order valence-corrected chi connectivity index (χ0v) is 11.4. The zero-order chi connectivity index (χ0) is 14.0. The number of hydrogen-bond donors (Lipinski definition) is 3. The van der Waals surface area contributed by atoms with E-state index in [1.807, 2.05) is 0 Å². The first-order valence-electron chi connectivity index (χ1n) is 6.78. The van der Waals surface area contributed by atoms with Gasteiger partial charge in [0.2, 0.25) is 5.91 Å². The first-order valence-corrected chi connectivity index (χ1v) is 6.78. The van der Waals surface area contributed by atoms with Crippen molar-refractivity contribution < 1.29 is 19.4 Å². The maximum atomic E-state index is 12.3. The van der Waals surface area contributed by atoms with Crippen molar-refractivity contribution >= 4 is 11.9 Å². The number of rotatable bonds is 4. The number of aliphatic carboxylic acids is 1. The lowest BCUT2D eigenvalue weighted by Crippen LogP contribution is -2.51. The largest absolute Gasteiger partial charge is 0.481 e. The molecule has 1 aliphatic carbocycles. The minimum absolute atomic E-state index is 0.0116. The number of carboxylic acids is 1. The molecule has 2 aliphatic rings. The van der Waals surface area contributed by atoms with Crippen LogP contribution in [0.1, 0.15) is 26.2 Å². The Labute approximate surface area is 112 Å². The second-order valence-corrected chi connectivity index (χ2v) is 5.72. The normalized spacial score (nSPS) is 38.3. The van der Waals surface area contributed by atoms with Gasteiger partial charge in [-0.25, -0.2) is 0 Å². The molecule has 1 aliphatic heterocycles. The van der Waals surface area contributed by atoms with Gasteiger partial charge in [0, 0.05) is 12.1 Å². The highest BCUT2D eigenvalue weighted by Crippen LogP contribution is 2.38. The highest BCUT2D eigenvalue weighted by atomic mass is 16.5. The fourth-order valence-electron chi connectivity index (χ4n) is 3.03. The highest BCUT2D eigenvalue weighted by molar-refractivity contribution is 5.82. The summed E-state index contributed by atoms with van der Waals surface area (Å²) in [6, 6.07) is -0.270. The van der Waals surface area contributed by atoms with Gasteiger partial charge in [0.05, 0.1) is 24.5 Å². The molecule has 2 rings (SSSR count). The lowest BCUT2D eigenvalue weighted by Gasteiger charge is -2.29. The Bertz CT molecular complexity index is 374. The molecule has 2 fully saturated rings. The van der Waals surface area contributed by atoms with Gasteiger partial charge >= 0.3 is 5.97 Å². The van der Waals surface area contributed by atoms with Gasteiger partial charge < -0.3 is 20.5 Å². The van der Waals surface area contributed by atoms with Crippen molar-refractivity contribution in [3.05, 3.63) is 0 Å². The molecule has 0 aromatic carbocycles. The van der Waals surface area contributed by atoms with E-state index in [4.69, 9.17) is 4.74 Å². The van der Waals surface area contributed by atoms with E-state index in [0.717, 1.165) is 12.8 Å². The second-order valence-electron chi connectivity index (χ2n) is 5.72. The summed E-state index contributed by atoms with van der Waals surface area (Å²) in [7, 11) is 1.80. The van der Waals surface area contributed by atoms with E-state index >= 15 is 0 Å². The third-order valence-electron chi connectivity index (χ3n) is 4.55. The number of carboxylic acid groups (broad SMARTS) is 1. The van der Waals surface area contributed by atoms with Crippen LogP contribution < -0.4 is 10.6 Å². The molecular formula is C13H22N2O4. The zero-order valence-electron chi connectivity index (χ0n) is 11.4. The number of hydrogen-bond acceptors (Lipinski definition) is 4. The van der Waals surface area contributed by atoms with Crippen LogP contribution in [-0.4, -0.2) is 49.3 Å². The van der Waals surface area contributed by atoms with E-state index in [-0.39, 0.29) is 23.9 Å². The summed E-state index contributed by atoms with van der Waals surface area (Å²) in [6.07, 6.45) is 2.18. The third kappa shape index (κ3) is 2.60. The summed E-state index contributed by atoms with van der Waals surface area (Å²) in [5.41, 5.74) is -0.843. The molecule has 0 aromatic rings. The Kier molecular flexibility index (Phi) is 4.10. The molecular weight excluding hydrogens is 248 g/mol. The number of amides is 1. The van der Waals surface area contributed by atoms with E-state index in [0.29, 0.717) is 19.6 Å². The molecule has 108 valence electrons. The van der Waals surface area contributed by atoms with Crippen molar-refractivity contribution in [1.82, 2.24) is 10.6 Å². The molecule has 1 saturated carbocycles. The van der Waals surface area contributed by atoms with Crippen LogP contribution in [0, 0.1) is 11.3 Å². The van der Waals surface area contributed by atoms with Crippen LogP contribution in [0.2, 0.25) is 0 Å². The monoisotopic (exact) mass is 270 g/mol. The van der Waals surface area contributed by atoms with Crippen LogP contribution >= 0.6 is 0 Å². The summed E-state index contributed by atoms with van der Waals surface area (Å²) in [4.78, 5) is 23.6. The van der Waals surface area contributed by atoms with Gasteiger partial charge in [-0.15, -0.1) is 0 Å². The van der Waals surface area contributed by atoms with E-state index in [9.17, 15) is 14.7 Å². The SMILES string of the molecule is CNC1COCC1C(=O)NC1CCCC1(C)C(=O)O. The summed E-state index contributed by atoms with van der Waals surface area (Å²) in [6.45, 7) is 2.64. The predicted octanol–water partition coefficient (Wildman–Crippen LogP) is -0.0196. The quantitative estimate of drug-likeness (QED) is 0.668. The Morgan fingerprint density at radius 2 is 2.11 bits per heavy atom. The van der Waals surface area contributed by atoms with Gasteiger partial charge in [-0.2, -0.15) is 0 Å². The Morgan fingerprint density at radius 3 is 2.74 bits per heavy atom. The lowest BCUT2D eigenvalue weighted by atomic mass is 9.84. The molecule has 1 saturated heterocycles. The summed E-state index contributed by atoms with van der Waals surface area (Å²) < 4.78 is 5.31. The third-order valence-corrected chi connectivity index (χ3v) is 4.55. The highest BCUT2D eigenvalue weighted by Gasteiger charge is 2.47. The molecule has 0 bridgehead atoms. The molecule has 0 aromatic heterocycles. The van der Waals surface area contributed by atoms with Gasteiger partial charge in [0.1, 0.15) is 0 Å². The van der Waals surface area contributed by atoms with Gasteiger partial charge in [-0.05, 0) is 26.8 Å². The average molecular weight is 270 g/mol. The van der Waals surface area contributed by atoms with Crippen LogP contribution in [0.25, 0.3) is 0 Å². The van der Waals surface area contributed by atoms with E-state index in [2.05, 4.69) is 10.6 Å². The number of carbonyl (C=O) groups excluding carboxylic acids is 1. The molecule has 3 N–H and O–H groups in total. The van der Waals surface area contributed by atoms with Gasteiger partial charge in [0.15, 0.2) is 0 Å².